The standard InChI is InChI=1S/C9H20N2O2/c1-11-4-2-3-8(11)5-10-6-9(13)7-12/h8-10,12-13H,2-7H2,1H3. The van der Waals surface area contributed by atoms with Gasteiger partial charge in [0.25, 0.3) is 0 Å². The highest BCUT2D eigenvalue weighted by molar-refractivity contribution is 4.78. The third-order valence-corrected chi connectivity index (χ3v) is 2.64. The molecule has 0 aromatic carbocycles. The molecule has 1 rings (SSSR count). The van der Waals surface area contributed by atoms with Crippen molar-refractivity contribution >= 4 is 0 Å². The van der Waals surface area contributed by atoms with E-state index in [2.05, 4.69) is 17.3 Å². The number of nitrogens with zero attached hydrogens (tertiary/aromatic N) is 1. The molecule has 1 saturated heterocycles. The minimum Gasteiger partial charge on any atom is -0.394 e. The van der Waals surface area contributed by atoms with Crippen molar-refractivity contribution in [3.63, 3.8) is 0 Å². The first kappa shape index (κ1) is 10.9. The van der Waals surface area contributed by atoms with E-state index in [0.717, 1.165) is 6.54 Å². The number of nitrogens with one attached hydrogen (secondary N) is 1. The van der Waals surface area contributed by atoms with E-state index in [1.54, 1.807) is 0 Å². The smallest absolute Gasteiger partial charge is 0.0894 e. The Morgan fingerprint density at radius 2 is 2.38 bits per heavy atom. The zero-order valence-corrected chi connectivity index (χ0v) is 8.24. The molecule has 4 nitrogen and oxygen atoms in total. The third-order valence-electron chi connectivity index (χ3n) is 2.64. The zero-order valence-electron chi connectivity index (χ0n) is 8.24. The molecule has 1 heterocycles. The molecule has 1 fully saturated rings. The van der Waals surface area contributed by atoms with E-state index in [1.807, 2.05) is 0 Å². The molecule has 1 aliphatic heterocycles. The highest BCUT2D eigenvalue weighted by Crippen LogP contribution is 2.13. The van der Waals surface area contributed by atoms with E-state index >= 15 is 0 Å². The summed E-state index contributed by atoms with van der Waals surface area (Å²) in [5.41, 5.74) is 0. The van der Waals surface area contributed by atoms with E-state index in [9.17, 15) is 0 Å². The molecule has 0 amide bonds. The molecule has 2 atom stereocenters. The van der Waals surface area contributed by atoms with Crippen molar-refractivity contribution in [2.45, 2.75) is 25.0 Å². The molecule has 0 saturated carbocycles. The fraction of sp³-hybridized carbons (Fsp3) is 1.00. The van der Waals surface area contributed by atoms with Gasteiger partial charge >= 0.3 is 0 Å². The third kappa shape index (κ3) is 3.60. The lowest BCUT2D eigenvalue weighted by Crippen LogP contribution is -2.39. The van der Waals surface area contributed by atoms with E-state index in [1.165, 1.54) is 19.4 Å². The van der Waals surface area contributed by atoms with Gasteiger partial charge in [-0.25, -0.2) is 0 Å². The molecule has 0 aliphatic carbocycles. The quantitative estimate of drug-likeness (QED) is 0.519. The summed E-state index contributed by atoms with van der Waals surface area (Å²) < 4.78 is 0. The van der Waals surface area contributed by atoms with Gasteiger partial charge in [0.1, 0.15) is 0 Å². The Hall–Kier alpha value is -0.160. The van der Waals surface area contributed by atoms with E-state index in [-0.39, 0.29) is 6.61 Å². The van der Waals surface area contributed by atoms with Gasteiger partial charge in [-0.05, 0) is 26.4 Å². The Morgan fingerprint density at radius 1 is 1.62 bits per heavy atom. The van der Waals surface area contributed by atoms with Crippen molar-refractivity contribution in [1.82, 2.24) is 10.2 Å². The summed E-state index contributed by atoms with van der Waals surface area (Å²) >= 11 is 0. The minimum atomic E-state index is -0.619. The maximum Gasteiger partial charge on any atom is 0.0894 e. The first-order chi connectivity index (χ1) is 6.24. The lowest BCUT2D eigenvalue weighted by molar-refractivity contribution is 0.0931. The van der Waals surface area contributed by atoms with Crippen LogP contribution >= 0.6 is 0 Å². The second kappa shape index (κ2) is 5.54. The highest BCUT2D eigenvalue weighted by Gasteiger charge is 2.20. The van der Waals surface area contributed by atoms with Crippen molar-refractivity contribution in [3.8, 4) is 0 Å². The van der Waals surface area contributed by atoms with Crippen LogP contribution in [0.4, 0.5) is 0 Å². The summed E-state index contributed by atoms with van der Waals surface area (Å²) in [4.78, 5) is 2.33. The van der Waals surface area contributed by atoms with Gasteiger partial charge in [0.05, 0.1) is 12.7 Å². The van der Waals surface area contributed by atoms with Crippen LogP contribution in [-0.2, 0) is 0 Å². The lowest BCUT2D eigenvalue weighted by Gasteiger charge is -2.20. The number of likely N-dealkylation sites (N-methyl/N-ethyl adjacent to an activating group) is 1. The van der Waals surface area contributed by atoms with Crippen molar-refractivity contribution in [2.24, 2.45) is 0 Å². The fourth-order valence-electron chi connectivity index (χ4n) is 1.72. The summed E-state index contributed by atoms with van der Waals surface area (Å²) in [5.74, 6) is 0. The average Bonchev–Trinajstić information content (AvgIpc) is 2.52. The van der Waals surface area contributed by atoms with Crippen LogP contribution in [0.1, 0.15) is 12.8 Å². The van der Waals surface area contributed by atoms with Gasteiger partial charge in [-0.3, -0.25) is 0 Å². The second-order valence-corrected chi connectivity index (χ2v) is 3.77. The molecule has 1 aliphatic rings. The molecule has 4 heteroatoms. The van der Waals surface area contributed by atoms with Gasteiger partial charge < -0.3 is 20.4 Å². The Bertz CT molecular complexity index is 144. The van der Waals surface area contributed by atoms with E-state index in [4.69, 9.17) is 10.2 Å². The maximum absolute atomic E-state index is 9.07. The molecule has 0 bridgehead atoms. The van der Waals surface area contributed by atoms with E-state index in [0.29, 0.717) is 12.6 Å². The molecule has 0 spiro atoms. The lowest BCUT2D eigenvalue weighted by atomic mass is 10.2. The number of likely N-dealkylation sites (tertiary alicyclic amines) is 1. The SMILES string of the molecule is CN1CCCC1CNCC(O)CO. The predicted octanol–water partition coefficient (Wildman–Crippen LogP) is -0.977. The number of aliphatic hydroxyl groups is 2. The van der Waals surface area contributed by atoms with Gasteiger partial charge in [0, 0.05) is 19.1 Å². The van der Waals surface area contributed by atoms with Crippen LogP contribution in [0, 0.1) is 0 Å². The normalized spacial score (nSPS) is 26.5. The Morgan fingerprint density at radius 3 is 2.92 bits per heavy atom. The summed E-state index contributed by atoms with van der Waals surface area (Å²) in [6, 6.07) is 0.603. The van der Waals surface area contributed by atoms with Crippen molar-refractivity contribution in [1.29, 1.82) is 0 Å². The monoisotopic (exact) mass is 188 g/mol. The molecule has 3 N–H and O–H groups in total. The van der Waals surface area contributed by atoms with Gasteiger partial charge in [-0.15, -0.1) is 0 Å². The number of hydrogen-bond acceptors (Lipinski definition) is 4. The molecule has 78 valence electrons. The predicted molar refractivity (Wildman–Crippen MR) is 51.6 cm³/mol. The Kier molecular flexibility index (Phi) is 4.66. The second-order valence-electron chi connectivity index (χ2n) is 3.77. The number of hydrogen-bond donors (Lipinski definition) is 3. The summed E-state index contributed by atoms with van der Waals surface area (Å²) in [5, 5.41) is 20.8. The van der Waals surface area contributed by atoms with Crippen molar-refractivity contribution in [2.75, 3.05) is 33.3 Å². The molecule has 0 aromatic rings. The summed E-state index contributed by atoms with van der Waals surface area (Å²) in [6.07, 6.45) is 1.89. The van der Waals surface area contributed by atoms with Crippen LogP contribution in [0.2, 0.25) is 0 Å². The minimum absolute atomic E-state index is 0.159. The first-order valence-electron chi connectivity index (χ1n) is 4.94. The van der Waals surface area contributed by atoms with Crippen molar-refractivity contribution in [3.05, 3.63) is 0 Å². The average molecular weight is 188 g/mol. The molecular formula is C9H20N2O2. The first-order valence-corrected chi connectivity index (χ1v) is 4.94. The Balaban J connectivity index is 2.05. The molecule has 0 aromatic heterocycles. The van der Waals surface area contributed by atoms with Crippen molar-refractivity contribution < 1.29 is 10.2 Å². The highest BCUT2D eigenvalue weighted by atomic mass is 16.3. The maximum atomic E-state index is 9.07. The van der Waals surface area contributed by atoms with Gasteiger partial charge in [0.15, 0.2) is 0 Å². The summed E-state index contributed by atoms with van der Waals surface area (Å²) in [6.45, 7) is 2.41. The number of aliphatic hydroxyl groups excluding tert-OH is 2. The molecular weight excluding hydrogens is 168 g/mol. The summed E-state index contributed by atoms with van der Waals surface area (Å²) in [7, 11) is 2.13. The zero-order chi connectivity index (χ0) is 9.68. The number of rotatable bonds is 5. The van der Waals surface area contributed by atoms with E-state index < -0.39 is 6.10 Å². The van der Waals surface area contributed by atoms with Gasteiger partial charge in [-0.2, -0.15) is 0 Å². The Labute approximate surface area is 79.6 Å². The van der Waals surface area contributed by atoms with Gasteiger partial charge in [-0.1, -0.05) is 0 Å². The van der Waals surface area contributed by atoms with Crippen LogP contribution in [0.3, 0.4) is 0 Å². The molecule has 2 unspecified atom stereocenters. The van der Waals surface area contributed by atoms with Gasteiger partial charge in [0.2, 0.25) is 0 Å². The molecule has 0 radical (unpaired) electrons. The fourth-order valence-corrected chi connectivity index (χ4v) is 1.72. The topological polar surface area (TPSA) is 55.7 Å². The van der Waals surface area contributed by atoms with Crippen LogP contribution in [0.15, 0.2) is 0 Å². The van der Waals surface area contributed by atoms with Crippen LogP contribution in [-0.4, -0.2) is 60.5 Å². The molecule has 13 heavy (non-hydrogen) atoms. The van der Waals surface area contributed by atoms with Crippen LogP contribution in [0.25, 0.3) is 0 Å². The largest absolute Gasteiger partial charge is 0.394 e. The van der Waals surface area contributed by atoms with Crippen LogP contribution in [0.5, 0.6) is 0 Å². The van der Waals surface area contributed by atoms with Crippen LogP contribution < -0.4 is 5.32 Å².